The molecule has 2 atom stereocenters. The maximum atomic E-state index is 11.2. The van der Waals surface area contributed by atoms with Gasteiger partial charge in [-0.1, -0.05) is 60.7 Å². The molecule has 4 nitrogen and oxygen atoms in total. The fourth-order valence-corrected chi connectivity index (χ4v) is 1.97. The first-order valence-electron chi connectivity index (χ1n) is 5.69. The summed E-state index contributed by atoms with van der Waals surface area (Å²) in [7, 11) is 0. The molecule has 0 fully saturated rings. The Morgan fingerprint density at radius 1 is 0.889 bits per heavy atom. The van der Waals surface area contributed by atoms with E-state index < -0.39 is 12.1 Å². The first kappa shape index (κ1) is 12.3. The van der Waals surface area contributed by atoms with Gasteiger partial charge in [0.05, 0.1) is 0 Å². The molecule has 2 N–H and O–H groups in total. The Labute approximate surface area is 105 Å². The molecule has 0 aliphatic heterocycles. The van der Waals surface area contributed by atoms with E-state index in [1.807, 2.05) is 36.4 Å². The highest BCUT2D eigenvalue weighted by Crippen LogP contribution is 2.29. The number of nitrogens with two attached hydrogens (primary N) is 1. The van der Waals surface area contributed by atoms with Gasteiger partial charge in [-0.15, -0.1) is 0 Å². The molecule has 2 unspecified atom stereocenters. The van der Waals surface area contributed by atoms with E-state index in [9.17, 15) is 10.1 Å². The van der Waals surface area contributed by atoms with Crippen LogP contribution in [0, 0.1) is 10.1 Å². The first-order valence-corrected chi connectivity index (χ1v) is 5.69. The van der Waals surface area contributed by atoms with Gasteiger partial charge in [0.1, 0.15) is 6.04 Å². The normalized spacial score (nSPS) is 13.8. The molecule has 0 bridgehead atoms. The topological polar surface area (TPSA) is 69.2 Å². The van der Waals surface area contributed by atoms with Gasteiger partial charge in [0.15, 0.2) is 0 Å². The summed E-state index contributed by atoms with van der Waals surface area (Å²) in [5.41, 5.74) is 7.42. The van der Waals surface area contributed by atoms with Crippen LogP contribution < -0.4 is 5.73 Å². The predicted octanol–water partition coefficient (Wildman–Crippen LogP) is 2.70. The summed E-state index contributed by atoms with van der Waals surface area (Å²) in [5, 5.41) is 11.2. The predicted molar refractivity (Wildman–Crippen MR) is 69.5 cm³/mol. The molecule has 18 heavy (non-hydrogen) atoms. The van der Waals surface area contributed by atoms with Crippen molar-refractivity contribution in [3.63, 3.8) is 0 Å². The molecule has 2 aromatic carbocycles. The van der Waals surface area contributed by atoms with E-state index in [4.69, 9.17) is 5.73 Å². The van der Waals surface area contributed by atoms with Gasteiger partial charge in [-0.05, 0) is 5.56 Å². The largest absolute Gasteiger partial charge is 0.318 e. The van der Waals surface area contributed by atoms with Gasteiger partial charge in [0, 0.05) is 10.5 Å². The number of nitro groups is 1. The summed E-state index contributed by atoms with van der Waals surface area (Å²) in [6, 6.07) is 16.4. The summed E-state index contributed by atoms with van der Waals surface area (Å²) in [5.74, 6) is 0. The van der Waals surface area contributed by atoms with Crippen LogP contribution in [0.2, 0.25) is 0 Å². The molecule has 92 valence electrons. The minimum absolute atomic E-state index is 0.326. The minimum atomic E-state index is -0.923. The number of benzene rings is 2. The molecular weight excluding hydrogens is 228 g/mol. The van der Waals surface area contributed by atoms with E-state index in [0.717, 1.165) is 5.56 Å². The summed E-state index contributed by atoms with van der Waals surface area (Å²) < 4.78 is 0. The number of nitrogens with zero attached hydrogens (tertiary/aromatic N) is 1. The molecular formula is C14H14N2O2. The van der Waals surface area contributed by atoms with Crippen LogP contribution in [0.25, 0.3) is 0 Å². The quantitative estimate of drug-likeness (QED) is 0.662. The lowest BCUT2D eigenvalue weighted by Crippen LogP contribution is -2.25. The Kier molecular flexibility index (Phi) is 3.69. The van der Waals surface area contributed by atoms with Gasteiger partial charge in [-0.2, -0.15) is 0 Å². The second-order valence-electron chi connectivity index (χ2n) is 4.08. The minimum Gasteiger partial charge on any atom is -0.318 e. The van der Waals surface area contributed by atoms with E-state index in [-0.39, 0.29) is 4.92 Å². The first-order chi connectivity index (χ1) is 8.70. The molecule has 0 saturated carbocycles. The van der Waals surface area contributed by atoms with Crippen molar-refractivity contribution in [1.29, 1.82) is 0 Å². The average molecular weight is 242 g/mol. The maximum Gasteiger partial charge on any atom is 0.257 e. The SMILES string of the molecule is NC(c1ccccc1)C(c1ccccc1)[N+](=O)[O-]. The fraction of sp³-hybridized carbons (Fsp3) is 0.143. The van der Waals surface area contributed by atoms with Crippen molar-refractivity contribution in [2.75, 3.05) is 0 Å². The molecule has 0 aliphatic rings. The van der Waals surface area contributed by atoms with Crippen LogP contribution in [0.5, 0.6) is 0 Å². The molecule has 0 aliphatic carbocycles. The summed E-state index contributed by atoms with van der Waals surface area (Å²) >= 11 is 0. The monoisotopic (exact) mass is 242 g/mol. The molecule has 2 rings (SSSR count). The molecule has 0 heterocycles. The van der Waals surface area contributed by atoms with Crippen LogP contribution in [0.1, 0.15) is 23.2 Å². The van der Waals surface area contributed by atoms with Crippen LogP contribution in [0.15, 0.2) is 60.7 Å². The van der Waals surface area contributed by atoms with E-state index in [1.54, 1.807) is 24.3 Å². The second-order valence-corrected chi connectivity index (χ2v) is 4.08. The van der Waals surface area contributed by atoms with Crippen LogP contribution in [-0.2, 0) is 0 Å². The van der Waals surface area contributed by atoms with Gasteiger partial charge >= 0.3 is 0 Å². The van der Waals surface area contributed by atoms with Crippen LogP contribution in [0.4, 0.5) is 0 Å². The Hall–Kier alpha value is -2.20. The highest BCUT2D eigenvalue weighted by Gasteiger charge is 2.31. The van der Waals surface area contributed by atoms with Crippen molar-refractivity contribution < 1.29 is 4.92 Å². The second kappa shape index (κ2) is 5.42. The highest BCUT2D eigenvalue weighted by atomic mass is 16.6. The third-order valence-corrected chi connectivity index (χ3v) is 2.89. The summed E-state index contributed by atoms with van der Waals surface area (Å²) in [6.45, 7) is 0. The summed E-state index contributed by atoms with van der Waals surface area (Å²) in [6.07, 6.45) is 0. The smallest absolute Gasteiger partial charge is 0.257 e. The standard InChI is InChI=1S/C14H14N2O2/c15-13(11-7-3-1-4-8-11)14(16(17)18)12-9-5-2-6-10-12/h1-10,13-14H,15H2. The van der Waals surface area contributed by atoms with Crippen molar-refractivity contribution in [3.8, 4) is 0 Å². The highest BCUT2D eigenvalue weighted by molar-refractivity contribution is 5.25. The fourth-order valence-electron chi connectivity index (χ4n) is 1.97. The lowest BCUT2D eigenvalue weighted by atomic mass is 9.95. The third kappa shape index (κ3) is 2.55. The van der Waals surface area contributed by atoms with E-state index in [0.29, 0.717) is 5.56 Å². The molecule has 0 radical (unpaired) electrons. The van der Waals surface area contributed by atoms with Crippen molar-refractivity contribution in [3.05, 3.63) is 81.9 Å². The number of rotatable bonds is 4. The van der Waals surface area contributed by atoms with Crippen LogP contribution in [0.3, 0.4) is 0 Å². The van der Waals surface area contributed by atoms with E-state index >= 15 is 0 Å². The number of hydrogen-bond donors (Lipinski definition) is 1. The zero-order valence-electron chi connectivity index (χ0n) is 9.77. The third-order valence-electron chi connectivity index (χ3n) is 2.89. The van der Waals surface area contributed by atoms with Gasteiger partial charge < -0.3 is 5.73 Å². The Balaban J connectivity index is 2.35. The molecule has 4 heteroatoms. The zero-order valence-corrected chi connectivity index (χ0v) is 9.77. The van der Waals surface area contributed by atoms with Crippen molar-refractivity contribution in [1.82, 2.24) is 0 Å². The van der Waals surface area contributed by atoms with E-state index in [2.05, 4.69) is 0 Å². The maximum absolute atomic E-state index is 11.2. The van der Waals surface area contributed by atoms with Gasteiger partial charge in [-0.3, -0.25) is 10.1 Å². The lowest BCUT2D eigenvalue weighted by Gasteiger charge is -2.17. The molecule has 2 aromatic rings. The van der Waals surface area contributed by atoms with Crippen LogP contribution in [-0.4, -0.2) is 4.92 Å². The van der Waals surface area contributed by atoms with Gasteiger partial charge in [0.25, 0.3) is 6.04 Å². The van der Waals surface area contributed by atoms with Gasteiger partial charge in [-0.25, -0.2) is 0 Å². The Bertz CT molecular complexity index is 514. The summed E-state index contributed by atoms with van der Waals surface area (Å²) in [4.78, 5) is 10.9. The molecule has 0 spiro atoms. The number of hydrogen-bond acceptors (Lipinski definition) is 3. The van der Waals surface area contributed by atoms with Crippen molar-refractivity contribution in [2.24, 2.45) is 5.73 Å². The Morgan fingerprint density at radius 3 is 1.78 bits per heavy atom. The molecule has 0 saturated heterocycles. The zero-order chi connectivity index (χ0) is 13.0. The lowest BCUT2D eigenvalue weighted by molar-refractivity contribution is -0.533. The average Bonchev–Trinajstić information content (AvgIpc) is 2.40. The van der Waals surface area contributed by atoms with Crippen LogP contribution >= 0.6 is 0 Å². The van der Waals surface area contributed by atoms with Crippen molar-refractivity contribution in [2.45, 2.75) is 12.1 Å². The van der Waals surface area contributed by atoms with Gasteiger partial charge in [0.2, 0.25) is 0 Å². The Morgan fingerprint density at radius 2 is 1.33 bits per heavy atom. The molecule has 0 amide bonds. The molecule has 0 aromatic heterocycles. The van der Waals surface area contributed by atoms with E-state index in [1.165, 1.54) is 0 Å². The van der Waals surface area contributed by atoms with Crippen molar-refractivity contribution >= 4 is 0 Å².